The highest BCUT2D eigenvalue weighted by molar-refractivity contribution is 6.46. The van der Waals surface area contributed by atoms with Crippen molar-refractivity contribution in [1.29, 1.82) is 0 Å². The second kappa shape index (κ2) is 9.05. The molecule has 0 spiro atoms. The van der Waals surface area contributed by atoms with Crippen molar-refractivity contribution < 1.29 is 24.0 Å². The quantitative estimate of drug-likeness (QED) is 0.239. The zero-order chi connectivity index (χ0) is 22.7. The van der Waals surface area contributed by atoms with Crippen LogP contribution in [-0.4, -0.2) is 58.7 Å². The number of likely N-dealkylation sites (tertiary alicyclic amines) is 1. The highest BCUT2D eigenvalue weighted by Crippen LogP contribution is 2.40. The molecular weight excluding hydrogens is 405 g/mol. The molecule has 0 unspecified atom stereocenters. The standard InChI is InChI=1S/C22H22FN3O5/c1-24(2)11-4-12-25-19(15-5-3-6-17(13-15)26(30)31)18(21(28)22(25)29)20(27)14-7-9-16(23)10-8-14/h3,5-10,13,19,27H,4,11-12H2,1-2H3/b20-18+/t19-/m1/s1. The largest absolute Gasteiger partial charge is 0.507 e. The Morgan fingerprint density at radius 3 is 2.48 bits per heavy atom. The van der Waals surface area contributed by atoms with E-state index in [1.54, 1.807) is 6.07 Å². The van der Waals surface area contributed by atoms with Gasteiger partial charge in [0.05, 0.1) is 16.5 Å². The number of hydrogen-bond donors (Lipinski definition) is 1. The number of carbonyl (C=O) groups excluding carboxylic acids is 2. The number of aliphatic hydroxyl groups is 1. The molecule has 0 radical (unpaired) electrons. The van der Waals surface area contributed by atoms with Crippen molar-refractivity contribution in [3.8, 4) is 0 Å². The fraction of sp³-hybridized carbons (Fsp3) is 0.273. The SMILES string of the molecule is CN(C)CCCN1C(=O)C(=O)/C(=C(/O)c2ccc(F)cc2)[C@H]1c1cccc([N+](=O)[O-])c1. The van der Waals surface area contributed by atoms with Crippen LogP contribution in [0, 0.1) is 15.9 Å². The molecular formula is C22H22FN3O5. The lowest BCUT2D eigenvalue weighted by Gasteiger charge is -2.25. The summed E-state index contributed by atoms with van der Waals surface area (Å²) in [6, 6.07) is 9.49. The van der Waals surface area contributed by atoms with Crippen LogP contribution >= 0.6 is 0 Å². The van der Waals surface area contributed by atoms with E-state index >= 15 is 0 Å². The number of aliphatic hydroxyl groups excluding tert-OH is 1. The first-order valence-corrected chi connectivity index (χ1v) is 9.64. The van der Waals surface area contributed by atoms with Crippen LogP contribution in [-0.2, 0) is 9.59 Å². The molecule has 1 fully saturated rings. The van der Waals surface area contributed by atoms with E-state index in [9.17, 15) is 29.2 Å². The maximum absolute atomic E-state index is 13.3. The molecule has 1 amide bonds. The zero-order valence-corrected chi connectivity index (χ0v) is 17.1. The fourth-order valence-electron chi connectivity index (χ4n) is 3.59. The van der Waals surface area contributed by atoms with E-state index < -0.39 is 34.2 Å². The van der Waals surface area contributed by atoms with Crippen LogP contribution < -0.4 is 0 Å². The molecule has 1 aliphatic rings. The van der Waals surface area contributed by atoms with Crippen molar-refractivity contribution in [2.75, 3.05) is 27.2 Å². The summed E-state index contributed by atoms with van der Waals surface area (Å²) < 4.78 is 13.3. The zero-order valence-electron chi connectivity index (χ0n) is 17.1. The predicted molar refractivity (Wildman–Crippen MR) is 112 cm³/mol. The van der Waals surface area contributed by atoms with Crippen molar-refractivity contribution in [1.82, 2.24) is 9.80 Å². The lowest BCUT2D eigenvalue weighted by molar-refractivity contribution is -0.384. The first-order valence-electron chi connectivity index (χ1n) is 9.64. The summed E-state index contributed by atoms with van der Waals surface area (Å²) in [4.78, 5) is 39.6. The minimum absolute atomic E-state index is 0.170. The molecule has 31 heavy (non-hydrogen) atoms. The Balaban J connectivity index is 2.13. The fourth-order valence-corrected chi connectivity index (χ4v) is 3.59. The molecule has 162 valence electrons. The summed E-state index contributed by atoms with van der Waals surface area (Å²) >= 11 is 0. The van der Waals surface area contributed by atoms with Crippen LogP contribution in [0.4, 0.5) is 10.1 Å². The van der Waals surface area contributed by atoms with Gasteiger partial charge in [0.1, 0.15) is 11.6 Å². The number of carbonyl (C=O) groups is 2. The van der Waals surface area contributed by atoms with E-state index in [2.05, 4.69) is 0 Å². The predicted octanol–water partition coefficient (Wildman–Crippen LogP) is 3.11. The van der Waals surface area contributed by atoms with Gasteiger partial charge in [0.15, 0.2) is 0 Å². The van der Waals surface area contributed by atoms with Gasteiger partial charge in [-0.2, -0.15) is 0 Å². The lowest BCUT2D eigenvalue weighted by Crippen LogP contribution is -2.32. The Hall–Kier alpha value is -3.59. The number of rotatable bonds is 7. The van der Waals surface area contributed by atoms with Crippen molar-refractivity contribution in [3.05, 3.63) is 81.2 Å². The van der Waals surface area contributed by atoms with Crippen molar-refractivity contribution >= 4 is 23.1 Å². The molecule has 2 aromatic carbocycles. The van der Waals surface area contributed by atoms with Gasteiger partial charge in [0.2, 0.25) is 0 Å². The summed E-state index contributed by atoms with van der Waals surface area (Å²) in [6.45, 7) is 0.874. The average molecular weight is 427 g/mol. The molecule has 1 heterocycles. The summed E-state index contributed by atoms with van der Waals surface area (Å²) in [5.41, 5.74) is 0.130. The highest BCUT2D eigenvalue weighted by Gasteiger charge is 2.46. The smallest absolute Gasteiger partial charge is 0.295 e. The molecule has 0 aromatic heterocycles. The van der Waals surface area contributed by atoms with Gasteiger partial charge < -0.3 is 14.9 Å². The van der Waals surface area contributed by atoms with Gasteiger partial charge in [-0.15, -0.1) is 0 Å². The number of amides is 1. The number of Topliss-reactive ketones (excluding diaryl/α,β-unsaturated/α-hetero) is 1. The number of non-ortho nitro benzene ring substituents is 1. The second-order valence-electron chi connectivity index (χ2n) is 7.51. The number of nitro groups is 1. The molecule has 0 saturated carbocycles. The Bertz CT molecular complexity index is 1050. The number of hydrogen-bond acceptors (Lipinski definition) is 6. The van der Waals surface area contributed by atoms with E-state index in [4.69, 9.17) is 0 Å². The minimum atomic E-state index is -0.993. The normalized spacial score (nSPS) is 18.1. The molecule has 2 aromatic rings. The Morgan fingerprint density at radius 2 is 1.87 bits per heavy atom. The van der Waals surface area contributed by atoms with E-state index in [0.717, 1.165) is 12.1 Å². The molecule has 1 saturated heterocycles. The summed E-state index contributed by atoms with van der Waals surface area (Å²) in [6.07, 6.45) is 0.558. The van der Waals surface area contributed by atoms with Gasteiger partial charge in [-0.05, 0) is 56.9 Å². The first-order chi connectivity index (χ1) is 14.7. The van der Waals surface area contributed by atoms with Gasteiger partial charge in [-0.1, -0.05) is 12.1 Å². The summed E-state index contributed by atoms with van der Waals surface area (Å²) in [5.74, 6) is -2.65. The maximum atomic E-state index is 13.3. The van der Waals surface area contributed by atoms with Crippen LogP contribution in [0.1, 0.15) is 23.6 Å². The summed E-state index contributed by atoms with van der Waals surface area (Å²) in [7, 11) is 3.75. The van der Waals surface area contributed by atoms with Gasteiger partial charge in [-0.3, -0.25) is 19.7 Å². The first kappa shape index (κ1) is 22.1. The molecule has 0 aliphatic carbocycles. The van der Waals surface area contributed by atoms with Crippen LogP contribution in [0.2, 0.25) is 0 Å². The molecule has 3 rings (SSSR count). The second-order valence-corrected chi connectivity index (χ2v) is 7.51. The van der Waals surface area contributed by atoms with Crippen LogP contribution in [0.25, 0.3) is 5.76 Å². The molecule has 1 atom stereocenters. The van der Waals surface area contributed by atoms with Gasteiger partial charge in [-0.25, -0.2) is 4.39 Å². The summed E-state index contributed by atoms with van der Waals surface area (Å²) in [5, 5.41) is 22.1. The van der Waals surface area contributed by atoms with E-state index in [-0.39, 0.29) is 23.4 Å². The Labute approximate surface area is 178 Å². The Kier molecular flexibility index (Phi) is 6.45. The number of ketones is 1. The minimum Gasteiger partial charge on any atom is -0.507 e. The third-order valence-corrected chi connectivity index (χ3v) is 5.06. The number of nitro benzene ring substituents is 1. The van der Waals surface area contributed by atoms with Crippen molar-refractivity contribution in [3.63, 3.8) is 0 Å². The molecule has 8 nitrogen and oxygen atoms in total. The van der Waals surface area contributed by atoms with Crippen LogP contribution in [0.3, 0.4) is 0 Å². The topological polar surface area (TPSA) is 104 Å². The monoisotopic (exact) mass is 427 g/mol. The molecule has 1 aliphatic heterocycles. The number of nitrogens with zero attached hydrogens (tertiary/aromatic N) is 3. The highest BCUT2D eigenvalue weighted by atomic mass is 19.1. The van der Waals surface area contributed by atoms with Crippen molar-refractivity contribution in [2.45, 2.75) is 12.5 Å². The average Bonchev–Trinajstić information content (AvgIpc) is 2.98. The molecule has 1 N–H and O–H groups in total. The van der Waals surface area contributed by atoms with Gasteiger partial charge in [0.25, 0.3) is 17.4 Å². The van der Waals surface area contributed by atoms with Gasteiger partial charge in [0, 0.05) is 24.2 Å². The third kappa shape index (κ3) is 4.61. The van der Waals surface area contributed by atoms with Crippen LogP contribution in [0.5, 0.6) is 0 Å². The maximum Gasteiger partial charge on any atom is 0.295 e. The Morgan fingerprint density at radius 1 is 1.19 bits per heavy atom. The van der Waals surface area contributed by atoms with Gasteiger partial charge >= 0.3 is 0 Å². The van der Waals surface area contributed by atoms with Crippen molar-refractivity contribution in [2.24, 2.45) is 0 Å². The van der Waals surface area contributed by atoms with E-state index in [1.165, 1.54) is 35.2 Å². The molecule has 0 bridgehead atoms. The molecule has 9 heteroatoms. The van der Waals surface area contributed by atoms with Crippen LogP contribution in [0.15, 0.2) is 54.1 Å². The van der Waals surface area contributed by atoms with E-state index in [1.807, 2.05) is 19.0 Å². The third-order valence-electron chi connectivity index (χ3n) is 5.06. The number of benzene rings is 2. The number of halogens is 1. The van der Waals surface area contributed by atoms with E-state index in [0.29, 0.717) is 18.5 Å². The lowest BCUT2D eigenvalue weighted by atomic mass is 9.95.